The second-order valence-corrected chi connectivity index (χ2v) is 7.60. The number of esters is 1. The Hall–Kier alpha value is -3.08. The predicted molar refractivity (Wildman–Crippen MR) is 109 cm³/mol. The van der Waals surface area contributed by atoms with Gasteiger partial charge in [0.05, 0.1) is 24.5 Å². The van der Waals surface area contributed by atoms with E-state index in [1.807, 2.05) is 62.4 Å². The van der Waals surface area contributed by atoms with Gasteiger partial charge in [-0.25, -0.2) is 0 Å². The van der Waals surface area contributed by atoms with Crippen LogP contribution >= 0.6 is 0 Å². The van der Waals surface area contributed by atoms with Gasteiger partial charge in [0.25, 0.3) is 0 Å². The number of hydrogen-bond donors (Lipinski definition) is 2. The zero-order valence-corrected chi connectivity index (χ0v) is 16.3. The SMILES string of the molecule is COC(=O)C1C(=O)C2=C(CC1C)Nc1ccccc1NC2c1ccc(C)cc1. The molecule has 0 spiro atoms. The van der Waals surface area contributed by atoms with Crippen molar-refractivity contribution in [2.24, 2.45) is 11.8 Å². The largest absolute Gasteiger partial charge is 0.468 e. The van der Waals surface area contributed by atoms with E-state index < -0.39 is 11.9 Å². The summed E-state index contributed by atoms with van der Waals surface area (Å²) in [6, 6.07) is 15.7. The normalized spacial score (nSPS) is 23.7. The van der Waals surface area contributed by atoms with Gasteiger partial charge in [0, 0.05) is 11.3 Å². The van der Waals surface area contributed by atoms with Crippen LogP contribution in [0.15, 0.2) is 59.8 Å². The Morgan fingerprint density at radius 3 is 2.43 bits per heavy atom. The number of Topliss-reactive ketones (excluding diaryl/α,β-unsaturated/α-hetero) is 1. The second-order valence-electron chi connectivity index (χ2n) is 7.60. The third kappa shape index (κ3) is 3.07. The molecule has 1 heterocycles. The number of carbonyl (C=O) groups excluding carboxylic acids is 2. The highest BCUT2D eigenvalue weighted by atomic mass is 16.5. The summed E-state index contributed by atoms with van der Waals surface area (Å²) in [6.07, 6.45) is 0.610. The highest BCUT2D eigenvalue weighted by Crippen LogP contribution is 2.43. The lowest BCUT2D eigenvalue weighted by molar-refractivity contribution is -0.151. The van der Waals surface area contributed by atoms with E-state index in [0.717, 1.165) is 28.2 Å². The zero-order valence-electron chi connectivity index (χ0n) is 16.3. The van der Waals surface area contributed by atoms with E-state index in [1.54, 1.807) is 0 Å². The molecule has 0 aromatic heterocycles. The fraction of sp³-hybridized carbons (Fsp3) is 0.304. The van der Waals surface area contributed by atoms with Crippen LogP contribution in [-0.2, 0) is 14.3 Å². The molecule has 0 fully saturated rings. The fourth-order valence-electron chi connectivity index (χ4n) is 4.14. The maximum atomic E-state index is 13.5. The number of nitrogens with one attached hydrogen (secondary N) is 2. The second kappa shape index (κ2) is 7.15. The first-order valence-corrected chi connectivity index (χ1v) is 9.54. The lowest BCUT2D eigenvalue weighted by Crippen LogP contribution is -2.39. The quantitative estimate of drug-likeness (QED) is 0.607. The molecule has 2 aromatic rings. The molecule has 0 radical (unpaired) electrons. The van der Waals surface area contributed by atoms with Crippen LogP contribution in [0.25, 0.3) is 0 Å². The average Bonchev–Trinajstić information content (AvgIpc) is 2.85. The summed E-state index contributed by atoms with van der Waals surface area (Å²) < 4.78 is 4.94. The summed E-state index contributed by atoms with van der Waals surface area (Å²) in [5.74, 6) is -1.54. The van der Waals surface area contributed by atoms with E-state index in [2.05, 4.69) is 10.6 Å². The van der Waals surface area contributed by atoms with Crippen molar-refractivity contribution in [2.45, 2.75) is 26.3 Å². The van der Waals surface area contributed by atoms with E-state index in [4.69, 9.17) is 4.74 Å². The molecule has 0 saturated heterocycles. The van der Waals surface area contributed by atoms with E-state index >= 15 is 0 Å². The van der Waals surface area contributed by atoms with Crippen LogP contribution < -0.4 is 10.6 Å². The number of methoxy groups -OCH3 is 1. The van der Waals surface area contributed by atoms with Gasteiger partial charge in [-0.05, 0) is 37.0 Å². The Labute approximate surface area is 164 Å². The molecule has 0 bridgehead atoms. The van der Waals surface area contributed by atoms with Crippen LogP contribution in [0.1, 0.15) is 30.5 Å². The number of aryl methyl sites for hydroxylation is 1. The average molecular weight is 376 g/mol. The van der Waals surface area contributed by atoms with Crippen LogP contribution in [0.4, 0.5) is 11.4 Å². The van der Waals surface area contributed by atoms with Crippen molar-refractivity contribution in [3.8, 4) is 0 Å². The number of rotatable bonds is 2. The molecule has 2 aliphatic rings. The Kier molecular flexibility index (Phi) is 4.67. The van der Waals surface area contributed by atoms with Gasteiger partial charge in [0.1, 0.15) is 5.92 Å². The first-order chi connectivity index (χ1) is 13.5. The molecule has 3 atom stereocenters. The summed E-state index contributed by atoms with van der Waals surface area (Å²) in [5.41, 5.74) is 5.50. The number of ether oxygens (including phenoxy) is 1. The van der Waals surface area contributed by atoms with Gasteiger partial charge in [-0.3, -0.25) is 9.59 Å². The van der Waals surface area contributed by atoms with Crippen molar-refractivity contribution in [1.82, 2.24) is 0 Å². The van der Waals surface area contributed by atoms with Crippen molar-refractivity contribution < 1.29 is 14.3 Å². The van der Waals surface area contributed by atoms with E-state index in [1.165, 1.54) is 7.11 Å². The van der Waals surface area contributed by atoms with Crippen molar-refractivity contribution in [3.63, 3.8) is 0 Å². The third-order valence-electron chi connectivity index (χ3n) is 5.64. The van der Waals surface area contributed by atoms with Gasteiger partial charge in [-0.15, -0.1) is 0 Å². The molecule has 1 aliphatic carbocycles. The molecule has 4 rings (SSSR count). The highest BCUT2D eigenvalue weighted by molar-refractivity contribution is 6.11. The molecular weight excluding hydrogens is 352 g/mol. The summed E-state index contributed by atoms with van der Waals surface area (Å²) >= 11 is 0. The Morgan fingerprint density at radius 1 is 1.07 bits per heavy atom. The maximum Gasteiger partial charge on any atom is 0.316 e. The zero-order chi connectivity index (χ0) is 19.8. The minimum Gasteiger partial charge on any atom is -0.468 e. The van der Waals surface area contributed by atoms with Crippen LogP contribution in [0.3, 0.4) is 0 Å². The first kappa shape index (κ1) is 18.3. The molecule has 1 aliphatic heterocycles. The number of carbonyl (C=O) groups is 2. The first-order valence-electron chi connectivity index (χ1n) is 9.54. The molecule has 144 valence electrons. The van der Waals surface area contributed by atoms with Crippen LogP contribution in [0, 0.1) is 18.8 Å². The van der Waals surface area contributed by atoms with Gasteiger partial charge in [-0.2, -0.15) is 0 Å². The smallest absolute Gasteiger partial charge is 0.316 e. The third-order valence-corrected chi connectivity index (χ3v) is 5.64. The number of hydrogen-bond acceptors (Lipinski definition) is 5. The van der Waals surface area contributed by atoms with Crippen LogP contribution in [0.5, 0.6) is 0 Å². The number of para-hydroxylation sites is 2. The number of fused-ring (bicyclic) bond motifs is 1. The topological polar surface area (TPSA) is 67.4 Å². The predicted octanol–water partition coefficient (Wildman–Crippen LogP) is 4.23. The molecule has 0 saturated carbocycles. The fourth-order valence-corrected chi connectivity index (χ4v) is 4.14. The van der Waals surface area contributed by atoms with Gasteiger partial charge in [0.15, 0.2) is 5.78 Å². The highest BCUT2D eigenvalue weighted by Gasteiger charge is 2.44. The summed E-state index contributed by atoms with van der Waals surface area (Å²) in [7, 11) is 1.34. The Bertz CT molecular complexity index is 962. The molecule has 5 heteroatoms. The molecule has 3 unspecified atom stereocenters. The number of allylic oxidation sites excluding steroid dienone is 1. The van der Waals surface area contributed by atoms with E-state index in [0.29, 0.717) is 12.0 Å². The molecule has 0 amide bonds. The molecule has 2 N–H and O–H groups in total. The lowest BCUT2D eigenvalue weighted by atomic mass is 9.75. The number of anilines is 2. The number of ketones is 1. The molecule has 5 nitrogen and oxygen atoms in total. The summed E-state index contributed by atoms with van der Waals surface area (Å²) in [5, 5.41) is 6.98. The lowest BCUT2D eigenvalue weighted by Gasteiger charge is -2.32. The molecular formula is C23H24N2O3. The monoisotopic (exact) mass is 376 g/mol. The van der Waals surface area contributed by atoms with E-state index in [-0.39, 0.29) is 17.7 Å². The minimum absolute atomic E-state index is 0.130. The Balaban J connectivity index is 1.87. The Morgan fingerprint density at radius 2 is 1.75 bits per heavy atom. The van der Waals surface area contributed by atoms with E-state index in [9.17, 15) is 9.59 Å². The minimum atomic E-state index is -0.776. The number of benzene rings is 2. The molecule has 28 heavy (non-hydrogen) atoms. The van der Waals surface area contributed by atoms with Crippen LogP contribution in [0.2, 0.25) is 0 Å². The summed E-state index contributed by atoms with van der Waals surface area (Å²) in [6.45, 7) is 3.96. The van der Waals surface area contributed by atoms with Gasteiger partial charge < -0.3 is 15.4 Å². The van der Waals surface area contributed by atoms with Crippen molar-refractivity contribution in [1.29, 1.82) is 0 Å². The summed E-state index contributed by atoms with van der Waals surface area (Å²) in [4.78, 5) is 25.8. The van der Waals surface area contributed by atoms with Crippen molar-refractivity contribution in [3.05, 3.63) is 70.9 Å². The molecule has 2 aromatic carbocycles. The van der Waals surface area contributed by atoms with Crippen molar-refractivity contribution in [2.75, 3.05) is 17.7 Å². The van der Waals surface area contributed by atoms with Crippen LogP contribution in [-0.4, -0.2) is 18.9 Å². The van der Waals surface area contributed by atoms with Crippen molar-refractivity contribution >= 4 is 23.1 Å². The van der Waals surface area contributed by atoms with Gasteiger partial charge in [0.2, 0.25) is 0 Å². The maximum absolute atomic E-state index is 13.5. The van der Waals surface area contributed by atoms with Gasteiger partial charge in [-0.1, -0.05) is 48.9 Å². The van der Waals surface area contributed by atoms with Gasteiger partial charge >= 0.3 is 5.97 Å². The standard InChI is InChI=1S/C23H24N2O3/c1-13-8-10-15(11-9-13)21-20-18(24-16-6-4-5-7-17(16)25-21)12-14(2)19(22(20)26)23(27)28-3/h4-11,14,19,21,24-25H,12H2,1-3H3.